The van der Waals surface area contributed by atoms with Crippen LogP contribution in [0.15, 0.2) is 28.6 Å². The molecule has 0 atom stereocenters. The molecule has 128 valence electrons. The number of benzene rings is 1. The molecule has 1 N–H and O–H groups in total. The van der Waals surface area contributed by atoms with Gasteiger partial charge in [-0.25, -0.2) is 0 Å². The van der Waals surface area contributed by atoms with Crippen LogP contribution in [0.2, 0.25) is 5.02 Å². The molecule has 0 radical (unpaired) electrons. The van der Waals surface area contributed by atoms with Crippen LogP contribution in [0.5, 0.6) is 0 Å². The predicted octanol–water partition coefficient (Wildman–Crippen LogP) is 2.67. The summed E-state index contributed by atoms with van der Waals surface area (Å²) < 4.78 is 0.808. The lowest BCUT2D eigenvalue weighted by atomic mass is 10.2. The van der Waals surface area contributed by atoms with Crippen molar-refractivity contribution in [1.29, 1.82) is 0 Å². The summed E-state index contributed by atoms with van der Waals surface area (Å²) >= 11 is 9.14. The van der Waals surface area contributed by atoms with Crippen LogP contribution in [-0.2, 0) is 4.79 Å². The van der Waals surface area contributed by atoms with Crippen molar-refractivity contribution in [2.75, 3.05) is 49.2 Å². The van der Waals surface area contributed by atoms with Crippen molar-refractivity contribution in [3.8, 4) is 0 Å². The number of amides is 1. The molecule has 2 heterocycles. The third-order valence-corrected chi connectivity index (χ3v) is 6.14. The topological polar surface area (TPSA) is 61.4 Å². The van der Waals surface area contributed by atoms with E-state index in [2.05, 4.69) is 20.4 Å². The first-order valence-electron chi connectivity index (χ1n) is 7.58. The van der Waals surface area contributed by atoms with Crippen LogP contribution in [0.1, 0.15) is 0 Å². The van der Waals surface area contributed by atoms with Gasteiger partial charge in [-0.2, -0.15) is 0 Å². The van der Waals surface area contributed by atoms with Crippen LogP contribution in [0.25, 0.3) is 0 Å². The van der Waals surface area contributed by atoms with Gasteiger partial charge in [0.25, 0.3) is 0 Å². The minimum atomic E-state index is 0.139. The Labute approximate surface area is 154 Å². The number of carbonyl (C=O) groups is 1. The van der Waals surface area contributed by atoms with Gasteiger partial charge >= 0.3 is 0 Å². The Hall–Kier alpha value is -1.51. The van der Waals surface area contributed by atoms with E-state index < -0.39 is 0 Å². The van der Waals surface area contributed by atoms with Crippen LogP contribution in [0, 0.1) is 0 Å². The summed E-state index contributed by atoms with van der Waals surface area (Å²) in [7, 11) is 1.80. The van der Waals surface area contributed by atoms with E-state index in [0.717, 1.165) is 33.3 Å². The van der Waals surface area contributed by atoms with Crippen molar-refractivity contribution in [3.05, 3.63) is 29.3 Å². The van der Waals surface area contributed by atoms with Crippen molar-refractivity contribution in [2.45, 2.75) is 4.34 Å². The Bertz CT molecular complexity index is 703. The van der Waals surface area contributed by atoms with Crippen LogP contribution < -0.4 is 10.2 Å². The predicted molar refractivity (Wildman–Crippen MR) is 100 cm³/mol. The van der Waals surface area contributed by atoms with Gasteiger partial charge in [-0.3, -0.25) is 4.79 Å². The number of hydrogen-bond acceptors (Lipinski definition) is 7. The average Bonchev–Trinajstić information content (AvgIpc) is 3.08. The number of piperazine rings is 1. The van der Waals surface area contributed by atoms with E-state index >= 15 is 0 Å². The molecule has 9 heteroatoms. The van der Waals surface area contributed by atoms with Gasteiger partial charge in [-0.05, 0) is 12.1 Å². The molecule has 6 nitrogen and oxygen atoms in total. The average molecular weight is 384 g/mol. The van der Waals surface area contributed by atoms with E-state index in [0.29, 0.717) is 18.8 Å². The summed E-state index contributed by atoms with van der Waals surface area (Å²) in [6.07, 6.45) is 0. The zero-order valence-corrected chi connectivity index (χ0v) is 15.6. The smallest absolute Gasteiger partial charge is 0.233 e. The molecule has 0 bridgehead atoms. The summed E-state index contributed by atoms with van der Waals surface area (Å²) in [5.74, 6) is 0.532. The maximum Gasteiger partial charge on any atom is 0.233 e. The van der Waals surface area contributed by atoms with Gasteiger partial charge in [0.1, 0.15) is 0 Å². The molecule has 0 saturated carbocycles. The van der Waals surface area contributed by atoms with Gasteiger partial charge in [0, 0.05) is 33.2 Å². The highest BCUT2D eigenvalue weighted by molar-refractivity contribution is 8.01. The highest BCUT2D eigenvalue weighted by atomic mass is 35.5. The second-order valence-electron chi connectivity index (χ2n) is 5.23. The number of thioether (sulfide) groups is 1. The summed E-state index contributed by atoms with van der Waals surface area (Å²) in [6, 6.07) is 7.82. The molecule has 0 spiro atoms. The second-order valence-corrected chi connectivity index (χ2v) is 7.84. The summed E-state index contributed by atoms with van der Waals surface area (Å²) in [6.45, 7) is 3.01. The third-order valence-electron chi connectivity index (χ3n) is 3.76. The van der Waals surface area contributed by atoms with E-state index in [1.165, 1.54) is 23.1 Å². The molecular formula is C15H18ClN5OS2. The zero-order valence-electron chi connectivity index (χ0n) is 13.2. The van der Waals surface area contributed by atoms with Crippen LogP contribution in [0.4, 0.5) is 10.8 Å². The number of nitrogens with one attached hydrogen (secondary N) is 1. The number of para-hydroxylation sites is 1. The van der Waals surface area contributed by atoms with E-state index in [1.807, 2.05) is 29.2 Å². The van der Waals surface area contributed by atoms with E-state index in [-0.39, 0.29) is 5.91 Å². The lowest BCUT2D eigenvalue weighted by Gasteiger charge is -2.36. The Balaban J connectivity index is 1.49. The highest BCUT2D eigenvalue weighted by Gasteiger charge is 2.22. The standard InChI is InChI=1S/C15H18ClN5OS2/c1-17-14-18-19-15(24-14)23-10-13(22)21-8-6-20(7-9-21)12-5-3-2-4-11(12)16/h2-5H,6-10H2,1H3,(H,17,18). The summed E-state index contributed by atoms with van der Waals surface area (Å²) in [4.78, 5) is 16.5. The van der Waals surface area contributed by atoms with Gasteiger partial charge in [0.2, 0.25) is 11.0 Å². The van der Waals surface area contributed by atoms with Gasteiger partial charge in [0.15, 0.2) is 4.34 Å². The van der Waals surface area contributed by atoms with Crippen molar-refractivity contribution in [3.63, 3.8) is 0 Å². The summed E-state index contributed by atoms with van der Waals surface area (Å²) in [5, 5.41) is 12.5. The maximum atomic E-state index is 12.4. The van der Waals surface area contributed by atoms with Gasteiger partial charge in [-0.1, -0.05) is 46.8 Å². The first-order chi connectivity index (χ1) is 11.7. The largest absolute Gasteiger partial charge is 0.367 e. The molecule has 3 rings (SSSR count). The molecule has 1 fully saturated rings. The molecule has 1 saturated heterocycles. The fourth-order valence-electron chi connectivity index (χ4n) is 2.49. The number of aromatic nitrogens is 2. The quantitative estimate of drug-likeness (QED) is 0.801. The molecule has 1 aliphatic rings. The van der Waals surface area contributed by atoms with Crippen molar-refractivity contribution >= 4 is 51.4 Å². The number of hydrogen-bond donors (Lipinski definition) is 1. The molecule has 1 aromatic carbocycles. The Kier molecular flexibility index (Phi) is 5.80. The minimum Gasteiger partial charge on any atom is -0.367 e. The van der Waals surface area contributed by atoms with Crippen molar-refractivity contribution < 1.29 is 4.79 Å². The monoisotopic (exact) mass is 383 g/mol. The van der Waals surface area contributed by atoms with Gasteiger partial charge in [0.05, 0.1) is 16.5 Å². The minimum absolute atomic E-state index is 0.139. The molecular weight excluding hydrogens is 366 g/mol. The van der Waals surface area contributed by atoms with E-state index in [9.17, 15) is 4.79 Å². The Morgan fingerprint density at radius 2 is 2.04 bits per heavy atom. The van der Waals surface area contributed by atoms with Gasteiger partial charge in [-0.15, -0.1) is 10.2 Å². The number of carbonyl (C=O) groups excluding carboxylic acids is 1. The maximum absolute atomic E-state index is 12.4. The molecule has 1 amide bonds. The first kappa shape index (κ1) is 17.3. The summed E-state index contributed by atoms with van der Waals surface area (Å²) in [5.41, 5.74) is 1.04. The Morgan fingerprint density at radius 3 is 2.71 bits per heavy atom. The zero-order chi connectivity index (χ0) is 16.9. The van der Waals surface area contributed by atoms with Crippen LogP contribution in [0.3, 0.4) is 0 Å². The van der Waals surface area contributed by atoms with Crippen molar-refractivity contribution in [1.82, 2.24) is 15.1 Å². The SMILES string of the molecule is CNc1nnc(SCC(=O)N2CCN(c3ccccc3Cl)CC2)s1. The fourth-order valence-corrected chi connectivity index (χ4v) is 4.35. The molecule has 1 aliphatic heterocycles. The molecule has 24 heavy (non-hydrogen) atoms. The third kappa shape index (κ3) is 4.12. The normalized spacial score (nSPS) is 14.8. The lowest BCUT2D eigenvalue weighted by Crippen LogP contribution is -2.49. The molecule has 0 unspecified atom stereocenters. The van der Waals surface area contributed by atoms with E-state index in [4.69, 9.17) is 11.6 Å². The van der Waals surface area contributed by atoms with Gasteiger partial charge < -0.3 is 15.1 Å². The fraction of sp³-hybridized carbons (Fsp3) is 0.400. The molecule has 2 aromatic rings. The van der Waals surface area contributed by atoms with E-state index in [1.54, 1.807) is 7.05 Å². The van der Waals surface area contributed by atoms with Crippen LogP contribution >= 0.6 is 34.7 Å². The van der Waals surface area contributed by atoms with Crippen LogP contribution in [-0.4, -0.2) is 60.0 Å². The molecule has 0 aliphatic carbocycles. The highest BCUT2D eigenvalue weighted by Crippen LogP contribution is 2.27. The lowest BCUT2D eigenvalue weighted by molar-refractivity contribution is -0.128. The second kappa shape index (κ2) is 8.04. The molecule has 1 aromatic heterocycles. The Morgan fingerprint density at radius 1 is 1.29 bits per heavy atom. The number of nitrogens with zero attached hydrogens (tertiary/aromatic N) is 4. The number of anilines is 2. The van der Waals surface area contributed by atoms with Crippen molar-refractivity contribution in [2.24, 2.45) is 0 Å². The number of rotatable bonds is 5. The first-order valence-corrected chi connectivity index (χ1v) is 9.76. The number of halogens is 1.